The maximum absolute atomic E-state index is 13.0. The molecule has 3 rings (SSSR count). The molecule has 2 N–H and O–H groups in total. The van der Waals surface area contributed by atoms with Gasteiger partial charge >= 0.3 is 0 Å². The lowest BCUT2D eigenvalue weighted by molar-refractivity contribution is -0.120. The van der Waals surface area contributed by atoms with E-state index in [-0.39, 0.29) is 23.0 Å². The lowest BCUT2D eigenvalue weighted by Gasteiger charge is -2.17. The summed E-state index contributed by atoms with van der Waals surface area (Å²) in [5.41, 5.74) is 0.849. The lowest BCUT2D eigenvalue weighted by atomic mass is 10.1. The van der Waals surface area contributed by atoms with Crippen LogP contribution < -0.4 is 10.6 Å². The Hall–Kier alpha value is -2.39. The molecule has 2 heterocycles. The number of amides is 1. The molecule has 3 aromatic rings. The zero-order valence-corrected chi connectivity index (χ0v) is 16.4. The van der Waals surface area contributed by atoms with E-state index in [2.05, 4.69) is 20.8 Å². The third kappa shape index (κ3) is 5.54. The Morgan fingerprint density at radius 2 is 2.04 bits per heavy atom. The highest BCUT2D eigenvalue weighted by Gasteiger charge is 2.19. The maximum atomic E-state index is 13.0. The molecular weight excluding hydrogens is 387 g/mol. The van der Waals surface area contributed by atoms with Crippen LogP contribution >= 0.6 is 23.1 Å². The summed E-state index contributed by atoms with van der Waals surface area (Å²) in [4.78, 5) is 12.4. The molecule has 0 aliphatic carbocycles. The first-order valence-corrected chi connectivity index (χ1v) is 10.0. The predicted molar refractivity (Wildman–Crippen MR) is 104 cm³/mol. The van der Waals surface area contributed by atoms with E-state index >= 15 is 0 Å². The van der Waals surface area contributed by atoms with Crippen molar-refractivity contribution >= 4 is 34.1 Å². The topological polar surface area (TPSA) is 80.1 Å². The van der Waals surface area contributed by atoms with E-state index in [4.69, 9.17) is 4.42 Å². The quantitative estimate of drug-likeness (QED) is 0.545. The van der Waals surface area contributed by atoms with Gasteiger partial charge in [0.15, 0.2) is 4.34 Å². The van der Waals surface area contributed by atoms with Crippen LogP contribution in [-0.4, -0.2) is 21.4 Å². The summed E-state index contributed by atoms with van der Waals surface area (Å²) in [5, 5.41) is 14.6. The van der Waals surface area contributed by atoms with Crippen molar-refractivity contribution in [3.63, 3.8) is 0 Å². The van der Waals surface area contributed by atoms with Crippen LogP contribution in [0.15, 0.2) is 51.4 Å². The predicted octanol–water partition coefficient (Wildman–Crippen LogP) is 4.24. The minimum absolute atomic E-state index is 0.114. The molecule has 27 heavy (non-hydrogen) atoms. The zero-order chi connectivity index (χ0) is 19.2. The molecule has 2 aromatic heterocycles. The summed E-state index contributed by atoms with van der Waals surface area (Å²) in [5.74, 6) is 0.396. The van der Waals surface area contributed by atoms with Crippen molar-refractivity contribution in [2.45, 2.75) is 36.0 Å². The minimum atomic E-state index is -0.334. The number of carbonyl (C=O) groups excluding carboxylic acids is 1. The largest absolute Gasteiger partial charge is 0.467 e. The minimum Gasteiger partial charge on any atom is -0.467 e. The maximum Gasteiger partial charge on any atom is 0.233 e. The van der Waals surface area contributed by atoms with Gasteiger partial charge in [0.2, 0.25) is 11.0 Å². The number of nitrogens with zero attached hydrogens (tertiary/aromatic N) is 2. The van der Waals surface area contributed by atoms with Crippen LogP contribution in [0.3, 0.4) is 0 Å². The summed E-state index contributed by atoms with van der Waals surface area (Å²) in [6.45, 7) is 4.20. The standard InChI is InChI=1S/C18H19FN4O2S2/c1-11(13-5-7-14(19)8-6-13)21-16(24)12(2)26-18-23-22-17(27-18)20-10-15-4-3-9-25-15/h3-9,11-12H,10H2,1-2H3,(H,20,22)(H,21,24). The normalized spacial score (nSPS) is 13.1. The van der Waals surface area contributed by atoms with Gasteiger partial charge in [0.25, 0.3) is 0 Å². The van der Waals surface area contributed by atoms with Crippen LogP contribution in [0.2, 0.25) is 0 Å². The molecule has 0 bridgehead atoms. The molecular formula is C18H19FN4O2S2. The van der Waals surface area contributed by atoms with Crippen LogP contribution in [0.1, 0.15) is 31.2 Å². The van der Waals surface area contributed by atoms with E-state index in [1.165, 1.54) is 35.2 Å². The van der Waals surface area contributed by atoms with Crippen molar-refractivity contribution in [1.82, 2.24) is 15.5 Å². The van der Waals surface area contributed by atoms with Gasteiger partial charge in [-0.2, -0.15) is 0 Å². The smallest absolute Gasteiger partial charge is 0.233 e. The van der Waals surface area contributed by atoms with Gasteiger partial charge in [0, 0.05) is 0 Å². The first kappa shape index (κ1) is 19.4. The fraction of sp³-hybridized carbons (Fsp3) is 0.278. The van der Waals surface area contributed by atoms with Gasteiger partial charge < -0.3 is 15.1 Å². The van der Waals surface area contributed by atoms with Gasteiger partial charge in [0.1, 0.15) is 11.6 Å². The monoisotopic (exact) mass is 406 g/mol. The molecule has 142 valence electrons. The summed E-state index contributed by atoms with van der Waals surface area (Å²) in [7, 11) is 0. The number of thioether (sulfide) groups is 1. The molecule has 1 aromatic carbocycles. The molecule has 0 saturated heterocycles. The average Bonchev–Trinajstić information content (AvgIpc) is 3.32. The molecule has 0 aliphatic heterocycles. The summed E-state index contributed by atoms with van der Waals surface area (Å²) in [6.07, 6.45) is 1.62. The van der Waals surface area contributed by atoms with Crippen LogP contribution in [-0.2, 0) is 11.3 Å². The molecule has 2 atom stereocenters. The van der Waals surface area contributed by atoms with E-state index in [0.29, 0.717) is 16.0 Å². The summed E-state index contributed by atoms with van der Waals surface area (Å²) >= 11 is 2.73. The number of halogens is 1. The number of rotatable bonds is 8. The number of anilines is 1. The van der Waals surface area contributed by atoms with E-state index in [1.807, 2.05) is 26.0 Å². The molecule has 1 amide bonds. The van der Waals surface area contributed by atoms with Crippen LogP contribution in [0.25, 0.3) is 0 Å². The SMILES string of the molecule is CC(Sc1nnc(NCc2ccco2)s1)C(=O)NC(C)c1ccc(F)cc1. The van der Waals surface area contributed by atoms with Crippen molar-refractivity contribution in [3.05, 3.63) is 59.8 Å². The van der Waals surface area contributed by atoms with Gasteiger partial charge in [-0.1, -0.05) is 35.2 Å². The highest BCUT2D eigenvalue weighted by Crippen LogP contribution is 2.29. The van der Waals surface area contributed by atoms with Gasteiger partial charge in [-0.05, 0) is 43.7 Å². The van der Waals surface area contributed by atoms with Crippen LogP contribution in [0.4, 0.5) is 9.52 Å². The summed E-state index contributed by atoms with van der Waals surface area (Å²) in [6, 6.07) is 9.59. The van der Waals surface area contributed by atoms with E-state index in [9.17, 15) is 9.18 Å². The van der Waals surface area contributed by atoms with Crippen molar-refractivity contribution in [2.75, 3.05) is 5.32 Å². The Morgan fingerprint density at radius 3 is 2.74 bits per heavy atom. The number of carbonyl (C=O) groups is 1. The first-order valence-electron chi connectivity index (χ1n) is 8.33. The number of benzene rings is 1. The van der Waals surface area contributed by atoms with E-state index in [1.54, 1.807) is 18.4 Å². The van der Waals surface area contributed by atoms with Gasteiger partial charge in [-0.25, -0.2) is 4.39 Å². The number of aromatic nitrogens is 2. The molecule has 0 radical (unpaired) electrons. The Morgan fingerprint density at radius 1 is 1.26 bits per heavy atom. The molecule has 2 unspecified atom stereocenters. The van der Waals surface area contributed by atoms with Crippen molar-refractivity contribution < 1.29 is 13.6 Å². The van der Waals surface area contributed by atoms with Gasteiger partial charge in [0.05, 0.1) is 24.1 Å². The highest BCUT2D eigenvalue weighted by atomic mass is 32.2. The number of hydrogen-bond donors (Lipinski definition) is 2. The van der Waals surface area contributed by atoms with Crippen LogP contribution in [0, 0.1) is 5.82 Å². The average molecular weight is 407 g/mol. The number of nitrogens with one attached hydrogen (secondary N) is 2. The van der Waals surface area contributed by atoms with E-state index < -0.39 is 0 Å². The molecule has 0 fully saturated rings. The fourth-order valence-corrected chi connectivity index (χ4v) is 4.18. The van der Waals surface area contributed by atoms with Crippen LogP contribution in [0.5, 0.6) is 0 Å². The lowest BCUT2D eigenvalue weighted by Crippen LogP contribution is -2.33. The Balaban J connectivity index is 1.49. The second-order valence-corrected chi connectivity index (χ2v) is 8.41. The van der Waals surface area contributed by atoms with Crippen molar-refractivity contribution in [2.24, 2.45) is 0 Å². The van der Waals surface area contributed by atoms with Crippen molar-refractivity contribution in [3.8, 4) is 0 Å². The molecule has 0 spiro atoms. The number of hydrogen-bond acceptors (Lipinski definition) is 7. The molecule has 0 aliphatic rings. The Bertz CT molecular complexity index is 868. The van der Waals surface area contributed by atoms with Gasteiger partial charge in [-0.3, -0.25) is 4.79 Å². The molecule has 9 heteroatoms. The van der Waals surface area contributed by atoms with Gasteiger partial charge in [-0.15, -0.1) is 10.2 Å². The second-order valence-electron chi connectivity index (χ2n) is 5.85. The highest BCUT2D eigenvalue weighted by molar-refractivity contribution is 8.02. The fourth-order valence-electron chi connectivity index (χ4n) is 2.27. The third-order valence-corrected chi connectivity index (χ3v) is 5.84. The van der Waals surface area contributed by atoms with E-state index in [0.717, 1.165) is 11.3 Å². The Labute approximate surface area is 164 Å². The zero-order valence-electron chi connectivity index (χ0n) is 14.8. The Kier molecular flexibility index (Phi) is 6.46. The molecule has 0 saturated carbocycles. The second kappa shape index (κ2) is 9.01. The number of furan rings is 1. The van der Waals surface area contributed by atoms with Crippen molar-refractivity contribution in [1.29, 1.82) is 0 Å². The third-order valence-electron chi connectivity index (χ3n) is 3.78. The molecule has 6 nitrogen and oxygen atoms in total. The first-order chi connectivity index (χ1) is 13.0. The summed E-state index contributed by atoms with van der Waals surface area (Å²) < 4.78 is 19.0.